The summed E-state index contributed by atoms with van der Waals surface area (Å²) >= 11 is 0. The number of hydrogen-bond acceptors (Lipinski definition) is 7. The molecule has 0 unspecified atom stereocenters. The highest BCUT2D eigenvalue weighted by atomic mass is 16.7. The minimum absolute atomic E-state index is 0.113. The maximum Gasteiger partial charge on any atom is 0.365 e. The lowest BCUT2D eigenvalue weighted by Gasteiger charge is -2.09. The fourth-order valence-corrected chi connectivity index (χ4v) is 3.98. The molecule has 0 amide bonds. The standard InChI is InChI=1S/C26H23NO6/c1-29-19-8-3-16(4-9-19)25(27-33-26(28)17-5-10-20(30-2)11-6-17)22-14-21(22)18-7-12-23-24(13-18)32-15-31-23/h3-13,21-22H,14-15H2,1-2H3/b27-25+/t21-,22+/m1/s1. The van der Waals surface area contributed by atoms with Gasteiger partial charge in [-0.25, -0.2) is 4.79 Å². The Labute approximate surface area is 191 Å². The third-order valence-electron chi connectivity index (χ3n) is 5.90. The Morgan fingerprint density at radius 2 is 1.48 bits per heavy atom. The van der Waals surface area contributed by atoms with Crippen LogP contribution in [0.1, 0.15) is 33.8 Å². The van der Waals surface area contributed by atoms with Gasteiger partial charge in [0.05, 0.1) is 25.5 Å². The number of methoxy groups -OCH3 is 2. The zero-order valence-corrected chi connectivity index (χ0v) is 18.3. The summed E-state index contributed by atoms with van der Waals surface area (Å²) in [4.78, 5) is 17.9. The SMILES string of the molecule is COc1ccc(C(=O)O/N=C(\c2ccc(OC)cc2)[C@H]2C[C@@H]2c2ccc3c(c2)OCO3)cc1. The van der Waals surface area contributed by atoms with Crippen LogP contribution >= 0.6 is 0 Å². The molecular formula is C26H23NO6. The molecule has 7 nitrogen and oxygen atoms in total. The van der Waals surface area contributed by atoms with Gasteiger partial charge in [-0.15, -0.1) is 0 Å². The van der Waals surface area contributed by atoms with Crippen molar-refractivity contribution in [2.75, 3.05) is 21.0 Å². The van der Waals surface area contributed by atoms with E-state index in [4.69, 9.17) is 23.8 Å². The fraction of sp³-hybridized carbons (Fsp3) is 0.231. The summed E-state index contributed by atoms with van der Waals surface area (Å²) in [5, 5.41) is 4.32. The molecule has 168 valence electrons. The van der Waals surface area contributed by atoms with E-state index in [1.165, 1.54) is 0 Å². The lowest BCUT2D eigenvalue weighted by Crippen LogP contribution is -2.09. The van der Waals surface area contributed by atoms with Crippen LogP contribution < -0.4 is 18.9 Å². The minimum atomic E-state index is -0.524. The smallest absolute Gasteiger partial charge is 0.365 e. The first-order valence-electron chi connectivity index (χ1n) is 10.6. The van der Waals surface area contributed by atoms with Crippen LogP contribution in [0.5, 0.6) is 23.0 Å². The summed E-state index contributed by atoms with van der Waals surface area (Å²) in [6.45, 7) is 0.243. The zero-order valence-electron chi connectivity index (χ0n) is 18.3. The van der Waals surface area contributed by atoms with Gasteiger partial charge in [0.25, 0.3) is 0 Å². The van der Waals surface area contributed by atoms with E-state index in [0.29, 0.717) is 11.3 Å². The summed E-state index contributed by atoms with van der Waals surface area (Å²) in [5.41, 5.74) is 3.15. The first kappa shape index (κ1) is 20.9. The average Bonchev–Trinajstić information content (AvgIpc) is 3.51. The highest BCUT2D eigenvalue weighted by molar-refractivity contribution is 6.05. The first-order valence-corrected chi connectivity index (χ1v) is 10.6. The number of benzene rings is 3. The van der Waals surface area contributed by atoms with Crippen LogP contribution in [-0.4, -0.2) is 32.7 Å². The van der Waals surface area contributed by atoms with Crippen molar-refractivity contribution in [3.8, 4) is 23.0 Å². The molecule has 0 saturated heterocycles. The predicted octanol–water partition coefficient (Wildman–Crippen LogP) is 4.80. The van der Waals surface area contributed by atoms with E-state index in [1.54, 1.807) is 38.5 Å². The maximum atomic E-state index is 12.6. The topological polar surface area (TPSA) is 75.6 Å². The monoisotopic (exact) mass is 445 g/mol. The Morgan fingerprint density at radius 1 is 0.848 bits per heavy atom. The van der Waals surface area contributed by atoms with Crippen LogP contribution in [0.3, 0.4) is 0 Å². The van der Waals surface area contributed by atoms with E-state index in [9.17, 15) is 4.79 Å². The largest absolute Gasteiger partial charge is 0.497 e. The highest BCUT2D eigenvalue weighted by Gasteiger charge is 2.43. The second-order valence-electron chi connectivity index (χ2n) is 7.87. The number of nitrogens with zero attached hydrogens (tertiary/aromatic N) is 1. The van der Waals surface area contributed by atoms with E-state index in [0.717, 1.165) is 40.5 Å². The highest BCUT2D eigenvalue weighted by Crippen LogP contribution is 2.51. The van der Waals surface area contributed by atoms with Crippen molar-refractivity contribution in [3.05, 3.63) is 83.4 Å². The summed E-state index contributed by atoms with van der Waals surface area (Å²) in [6, 6.07) is 20.3. The van der Waals surface area contributed by atoms with Gasteiger partial charge in [0, 0.05) is 5.92 Å². The van der Waals surface area contributed by atoms with Gasteiger partial charge >= 0.3 is 5.97 Å². The van der Waals surface area contributed by atoms with Crippen molar-refractivity contribution >= 4 is 11.7 Å². The van der Waals surface area contributed by atoms with Gasteiger partial charge in [-0.05, 0) is 84.1 Å². The van der Waals surface area contributed by atoms with Gasteiger partial charge in [0.1, 0.15) is 11.5 Å². The minimum Gasteiger partial charge on any atom is -0.497 e. The average molecular weight is 445 g/mol. The summed E-state index contributed by atoms with van der Waals surface area (Å²) < 4.78 is 21.4. The van der Waals surface area contributed by atoms with E-state index < -0.39 is 5.97 Å². The van der Waals surface area contributed by atoms with Crippen molar-refractivity contribution in [1.29, 1.82) is 0 Å². The van der Waals surface area contributed by atoms with Crippen molar-refractivity contribution in [1.82, 2.24) is 0 Å². The molecule has 2 aliphatic rings. The van der Waals surface area contributed by atoms with Crippen LogP contribution in [0.15, 0.2) is 71.9 Å². The number of rotatable bonds is 7. The van der Waals surface area contributed by atoms with E-state index in [1.807, 2.05) is 42.5 Å². The molecule has 1 saturated carbocycles. The fourth-order valence-electron chi connectivity index (χ4n) is 3.98. The number of hydrogen-bond donors (Lipinski definition) is 0. The molecule has 1 fully saturated rings. The molecule has 5 rings (SSSR count). The van der Waals surface area contributed by atoms with Gasteiger partial charge in [-0.3, -0.25) is 0 Å². The Hall–Kier alpha value is -4.00. The summed E-state index contributed by atoms with van der Waals surface area (Å²) in [5.74, 6) is 2.77. The molecule has 7 heteroatoms. The van der Waals surface area contributed by atoms with E-state index in [-0.39, 0.29) is 18.6 Å². The quantitative estimate of drug-likeness (QED) is 0.296. The van der Waals surface area contributed by atoms with E-state index >= 15 is 0 Å². The summed E-state index contributed by atoms with van der Waals surface area (Å²) in [7, 11) is 3.20. The molecule has 1 aliphatic heterocycles. The lowest BCUT2D eigenvalue weighted by atomic mass is 10.0. The van der Waals surface area contributed by atoms with Crippen LogP contribution in [-0.2, 0) is 4.84 Å². The van der Waals surface area contributed by atoms with Gasteiger partial charge < -0.3 is 23.8 Å². The Balaban J connectivity index is 1.39. The predicted molar refractivity (Wildman–Crippen MR) is 121 cm³/mol. The molecule has 2 atom stereocenters. The second kappa shape index (κ2) is 8.86. The number of carbonyl (C=O) groups is 1. The van der Waals surface area contributed by atoms with Crippen molar-refractivity contribution in [2.24, 2.45) is 11.1 Å². The molecule has 33 heavy (non-hydrogen) atoms. The Kier molecular flexibility index (Phi) is 5.60. The molecular weight excluding hydrogens is 422 g/mol. The van der Waals surface area contributed by atoms with Gasteiger partial charge in [0.2, 0.25) is 6.79 Å². The Bertz CT molecular complexity index is 1190. The van der Waals surface area contributed by atoms with Crippen LogP contribution in [0.2, 0.25) is 0 Å². The molecule has 0 bridgehead atoms. The zero-order chi connectivity index (χ0) is 22.8. The third kappa shape index (κ3) is 4.35. The van der Waals surface area contributed by atoms with Crippen LogP contribution in [0.4, 0.5) is 0 Å². The van der Waals surface area contributed by atoms with Crippen molar-refractivity contribution in [3.63, 3.8) is 0 Å². The normalized spacial score (nSPS) is 18.5. The first-order chi connectivity index (χ1) is 16.2. The molecule has 3 aromatic rings. The molecule has 0 radical (unpaired) electrons. The number of carbonyl (C=O) groups excluding carboxylic acids is 1. The van der Waals surface area contributed by atoms with Crippen LogP contribution in [0, 0.1) is 5.92 Å². The van der Waals surface area contributed by atoms with Crippen molar-refractivity contribution < 1.29 is 28.6 Å². The van der Waals surface area contributed by atoms with Gasteiger partial charge in [-0.1, -0.05) is 11.2 Å². The molecule has 1 aliphatic carbocycles. The molecule has 0 spiro atoms. The molecule has 1 heterocycles. The lowest BCUT2D eigenvalue weighted by molar-refractivity contribution is 0.0515. The van der Waals surface area contributed by atoms with E-state index in [2.05, 4.69) is 5.16 Å². The summed E-state index contributed by atoms with van der Waals surface area (Å²) in [6.07, 6.45) is 0.893. The maximum absolute atomic E-state index is 12.6. The number of fused-ring (bicyclic) bond motifs is 1. The van der Waals surface area contributed by atoms with Gasteiger partial charge in [-0.2, -0.15) is 0 Å². The number of ether oxygens (including phenoxy) is 4. The molecule has 0 N–H and O–H groups in total. The molecule has 0 aromatic heterocycles. The molecule has 3 aromatic carbocycles. The van der Waals surface area contributed by atoms with Crippen LogP contribution in [0.25, 0.3) is 0 Å². The van der Waals surface area contributed by atoms with Gasteiger partial charge in [0.15, 0.2) is 11.5 Å². The second-order valence-corrected chi connectivity index (χ2v) is 7.87. The Morgan fingerprint density at radius 3 is 2.15 bits per heavy atom. The third-order valence-corrected chi connectivity index (χ3v) is 5.90. The van der Waals surface area contributed by atoms with Crippen molar-refractivity contribution in [2.45, 2.75) is 12.3 Å². The number of oxime groups is 1.